The van der Waals surface area contributed by atoms with Crippen LogP contribution in [0, 0.1) is 3.57 Å². The summed E-state index contributed by atoms with van der Waals surface area (Å²) in [6, 6.07) is 17.9. The SMILES string of the molecule is CC(C)(C)c1ccc(C(C)(C)c2ccc(I)cc2)cc1. The predicted octanol–water partition coefficient (Wildman–Crippen LogP) is 5.91. The predicted molar refractivity (Wildman–Crippen MR) is 96.4 cm³/mol. The van der Waals surface area contributed by atoms with Crippen LogP contribution in [0.25, 0.3) is 0 Å². The first-order valence-electron chi connectivity index (χ1n) is 7.08. The highest BCUT2D eigenvalue weighted by Crippen LogP contribution is 2.33. The molecule has 0 spiro atoms. The third kappa shape index (κ3) is 3.25. The zero-order valence-electron chi connectivity index (χ0n) is 13.0. The Morgan fingerprint density at radius 1 is 0.600 bits per heavy atom. The molecular weight excluding hydrogens is 355 g/mol. The van der Waals surface area contributed by atoms with E-state index in [1.54, 1.807) is 0 Å². The van der Waals surface area contributed by atoms with Gasteiger partial charge >= 0.3 is 0 Å². The molecule has 20 heavy (non-hydrogen) atoms. The third-order valence-corrected chi connectivity index (χ3v) is 4.76. The highest BCUT2D eigenvalue weighted by atomic mass is 127. The van der Waals surface area contributed by atoms with Crippen molar-refractivity contribution in [3.05, 3.63) is 68.8 Å². The second-order valence-electron chi connectivity index (χ2n) is 6.96. The van der Waals surface area contributed by atoms with Crippen LogP contribution in [0.15, 0.2) is 48.5 Å². The van der Waals surface area contributed by atoms with Crippen molar-refractivity contribution in [1.82, 2.24) is 0 Å². The molecule has 0 atom stereocenters. The molecule has 1 heteroatoms. The Labute approximate surface area is 136 Å². The normalized spacial score (nSPS) is 12.5. The molecule has 0 aliphatic carbocycles. The van der Waals surface area contributed by atoms with Crippen molar-refractivity contribution in [3.63, 3.8) is 0 Å². The summed E-state index contributed by atoms with van der Waals surface area (Å²) >= 11 is 2.35. The van der Waals surface area contributed by atoms with Gasteiger partial charge in [-0.15, -0.1) is 0 Å². The lowest BCUT2D eigenvalue weighted by Crippen LogP contribution is -2.19. The molecule has 2 aromatic carbocycles. The van der Waals surface area contributed by atoms with Crippen LogP contribution in [-0.2, 0) is 10.8 Å². The molecule has 2 aromatic rings. The molecule has 2 rings (SSSR count). The molecule has 0 saturated heterocycles. The smallest absolute Gasteiger partial charge is 0.0146 e. The molecule has 0 nitrogen and oxygen atoms in total. The second-order valence-corrected chi connectivity index (χ2v) is 8.20. The van der Waals surface area contributed by atoms with Gasteiger partial charge in [-0.25, -0.2) is 0 Å². The Morgan fingerprint density at radius 2 is 0.950 bits per heavy atom. The molecule has 0 aliphatic rings. The zero-order chi connectivity index (χ0) is 15.0. The Hall–Kier alpha value is -0.830. The van der Waals surface area contributed by atoms with Crippen LogP contribution in [0.4, 0.5) is 0 Å². The Bertz CT molecular complexity index is 569. The lowest BCUT2D eigenvalue weighted by molar-refractivity contribution is 0.587. The number of halogens is 1. The first kappa shape index (κ1) is 15.6. The van der Waals surface area contributed by atoms with Gasteiger partial charge in [-0.1, -0.05) is 71.0 Å². The van der Waals surface area contributed by atoms with Crippen molar-refractivity contribution in [3.8, 4) is 0 Å². The average Bonchev–Trinajstić information content (AvgIpc) is 2.38. The maximum Gasteiger partial charge on any atom is 0.0146 e. The quantitative estimate of drug-likeness (QED) is 0.570. The molecule has 0 saturated carbocycles. The number of hydrogen-bond acceptors (Lipinski definition) is 0. The number of hydrogen-bond donors (Lipinski definition) is 0. The van der Waals surface area contributed by atoms with Gasteiger partial charge < -0.3 is 0 Å². The summed E-state index contributed by atoms with van der Waals surface area (Å²) in [6.07, 6.45) is 0. The first-order valence-corrected chi connectivity index (χ1v) is 8.16. The van der Waals surface area contributed by atoms with E-state index in [4.69, 9.17) is 0 Å². The van der Waals surface area contributed by atoms with Gasteiger partial charge in [-0.05, 0) is 56.8 Å². The standard InChI is InChI=1S/C19H23I/c1-18(2,3)14-6-8-15(9-7-14)19(4,5)16-10-12-17(20)13-11-16/h6-13H,1-5H3. The maximum atomic E-state index is 2.35. The van der Waals surface area contributed by atoms with Gasteiger partial charge in [0.05, 0.1) is 0 Å². The van der Waals surface area contributed by atoms with Crippen LogP contribution in [0.5, 0.6) is 0 Å². The van der Waals surface area contributed by atoms with Crippen LogP contribution in [0.1, 0.15) is 51.3 Å². The lowest BCUT2D eigenvalue weighted by atomic mass is 9.77. The molecule has 0 amide bonds. The van der Waals surface area contributed by atoms with Crippen LogP contribution < -0.4 is 0 Å². The van der Waals surface area contributed by atoms with Crippen molar-refractivity contribution in [2.24, 2.45) is 0 Å². The average molecular weight is 378 g/mol. The molecule has 0 fully saturated rings. The number of rotatable bonds is 2. The second kappa shape index (κ2) is 5.51. The van der Waals surface area contributed by atoms with Crippen molar-refractivity contribution in [1.29, 1.82) is 0 Å². The zero-order valence-corrected chi connectivity index (χ0v) is 15.2. The highest BCUT2D eigenvalue weighted by Gasteiger charge is 2.23. The van der Waals surface area contributed by atoms with Gasteiger partial charge in [0, 0.05) is 8.99 Å². The van der Waals surface area contributed by atoms with Crippen LogP contribution in [0.3, 0.4) is 0 Å². The maximum absolute atomic E-state index is 2.35. The monoisotopic (exact) mass is 378 g/mol. The third-order valence-electron chi connectivity index (χ3n) is 4.04. The van der Waals surface area contributed by atoms with Crippen LogP contribution in [0.2, 0.25) is 0 Å². The van der Waals surface area contributed by atoms with E-state index in [1.807, 2.05) is 0 Å². The van der Waals surface area contributed by atoms with E-state index in [2.05, 4.69) is 106 Å². The van der Waals surface area contributed by atoms with Crippen molar-refractivity contribution < 1.29 is 0 Å². The Morgan fingerprint density at radius 3 is 1.35 bits per heavy atom. The molecule has 0 unspecified atom stereocenters. The van der Waals surface area contributed by atoms with Crippen molar-refractivity contribution in [2.75, 3.05) is 0 Å². The van der Waals surface area contributed by atoms with Crippen molar-refractivity contribution >= 4 is 22.6 Å². The number of benzene rings is 2. The van der Waals surface area contributed by atoms with Gasteiger partial charge in [-0.2, -0.15) is 0 Å². The van der Waals surface area contributed by atoms with E-state index in [1.165, 1.54) is 20.3 Å². The summed E-state index contributed by atoms with van der Waals surface area (Å²) in [5, 5.41) is 0. The fourth-order valence-corrected chi connectivity index (χ4v) is 2.78. The minimum absolute atomic E-state index is 0.0424. The summed E-state index contributed by atoms with van der Waals surface area (Å²) in [5.74, 6) is 0. The molecule has 0 radical (unpaired) electrons. The Balaban J connectivity index is 2.37. The highest BCUT2D eigenvalue weighted by molar-refractivity contribution is 14.1. The molecular formula is C19H23I. The van der Waals surface area contributed by atoms with E-state index >= 15 is 0 Å². The molecule has 106 valence electrons. The fourth-order valence-electron chi connectivity index (χ4n) is 2.42. The van der Waals surface area contributed by atoms with Gasteiger partial charge in [0.25, 0.3) is 0 Å². The molecule has 0 heterocycles. The molecule has 0 aliphatic heterocycles. The van der Waals surface area contributed by atoms with Gasteiger partial charge in [0.1, 0.15) is 0 Å². The molecule has 0 bridgehead atoms. The fraction of sp³-hybridized carbons (Fsp3) is 0.368. The summed E-state index contributed by atoms with van der Waals surface area (Å²) in [5.41, 5.74) is 4.37. The first-order chi connectivity index (χ1) is 9.21. The molecule has 0 aromatic heterocycles. The largest absolute Gasteiger partial charge is 0.0582 e. The molecule has 0 N–H and O–H groups in total. The minimum atomic E-state index is 0.0424. The van der Waals surface area contributed by atoms with Gasteiger partial charge in [0.15, 0.2) is 0 Å². The van der Waals surface area contributed by atoms with Crippen LogP contribution >= 0.6 is 22.6 Å². The van der Waals surface area contributed by atoms with E-state index in [0.717, 1.165) is 0 Å². The minimum Gasteiger partial charge on any atom is -0.0582 e. The summed E-state index contributed by atoms with van der Waals surface area (Å²) in [4.78, 5) is 0. The van der Waals surface area contributed by atoms with E-state index in [0.29, 0.717) is 0 Å². The summed E-state index contributed by atoms with van der Waals surface area (Å²) in [7, 11) is 0. The lowest BCUT2D eigenvalue weighted by Gasteiger charge is -2.27. The van der Waals surface area contributed by atoms with Gasteiger partial charge in [0.2, 0.25) is 0 Å². The Kier molecular flexibility index (Phi) is 4.29. The summed E-state index contributed by atoms with van der Waals surface area (Å²) < 4.78 is 1.28. The van der Waals surface area contributed by atoms with Crippen LogP contribution in [-0.4, -0.2) is 0 Å². The van der Waals surface area contributed by atoms with Crippen molar-refractivity contribution in [2.45, 2.75) is 45.4 Å². The van der Waals surface area contributed by atoms with Gasteiger partial charge in [-0.3, -0.25) is 0 Å². The van der Waals surface area contributed by atoms with E-state index in [-0.39, 0.29) is 10.8 Å². The van der Waals surface area contributed by atoms with E-state index < -0.39 is 0 Å². The topological polar surface area (TPSA) is 0 Å². The summed E-state index contributed by atoms with van der Waals surface area (Å²) in [6.45, 7) is 11.4. The van der Waals surface area contributed by atoms with E-state index in [9.17, 15) is 0 Å².